The van der Waals surface area contributed by atoms with Gasteiger partial charge in [0, 0.05) is 12.8 Å². The third-order valence-electron chi connectivity index (χ3n) is 3.69. The van der Waals surface area contributed by atoms with E-state index in [1.807, 2.05) is 6.07 Å². The number of aliphatic carboxylic acids is 2. The van der Waals surface area contributed by atoms with Gasteiger partial charge in [-0.05, 0) is 24.1 Å². The number of carboxylic acids is 2. The van der Waals surface area contributed by atoms with Crippen molar-refractivity contribution in [1.29, 1.82) is 5.26 Å². The third kappa shape index (κ3) is 6.66. The van der Waals surface area contributed by atoms with Gasteiger partial charge in [0.1, 0.15) is 12.1 Å². The molecular formula is C17H19N3O7. The molecule has 0 aromatic heterocycles. The van der Waals surface area contributed by atoms with Crippen LogP contribution in [0.1, 0.15) is 24.0 Å². The molecule has 0 fully saturated rings. The standard InChI is InChI=1S/C17H19N3O7/c1-27-16(26)20-17(6-5-13(21)22,15(25)19-10-14(23)24)8-11-3-2-4-12(7-11)9-18/h2-4,7H,5-6,8,10H2,1H3,(H,19,25)(H,20,26)(H,21,22)(H,23,24). The summed E-state index contributed by atoms with van der Waals surface area (Å²) < 4.78 is 4.52. The fraction of sp³-hybridized carbons (Fsp3) is 0.353. The molecule has 144 valence electrons. The number of nitrogens with zero attached hydrogens (tertiary/aromatic N) is 1. The van der Waals surface area contributed by atoms with Gasteiger partial charge in [-0.1, -0.05) is 12.1 Å². The summed E-state index contributed by atoms with van der Waals surface area (Å²) in [6.07, 6.45) is -1.94. The Morgan fingerprint density at radius 3 is 2.48 bits per heavy atom. The van der Waals surface area contributed by atoms with Gasteiger partial charge in [-0.2, -0.15) is 5.26 Å². The topological polar surface area (TPSA) is 166 Å². The van der Waals surface area contributed by atoms with Crippen LogP contribution in [0.5, 0.6) is 0 Å². The predicted molar refractivity (Wildman–Crippen MR) is 90.6 cm³/mol. The van der Waals surface area contributed by atoms with E-state index < -0.39 is 42.4 Å². The summed E-state index contributed by atoms with van der Waals surface area (Å²) in [5.41, 5.74) is -1.00. The lowest BCUT2D eigenvalue weighted by molar-refractivity contribution is -0.140. The number of ether oxygens (including phenoxy) is 1. The Morgan fingerprint density at radius 1 is 1.22 bits per heavy atom. The molecule has 2 amide bonds. The van der Waals surface area contributed by atoms with Crippen molar-refractivity contribution in [2.24, 2.45) is 0 Å². The maximum Gasteiger partial charge on any atom is 0.407 e. The van der Waals surface area contributed by atoms with Gasteiger partial charge in [-0.3, -0.25) is 14.4 Å². The molecule has 0 saturated heterocycles. The van der Waals surface area contributed by atoms with Gasteiger partial charge < -0.3 is 25.6 Å². The minimum atomic E-state index is -1.78. The van der Waals surface area contributed by atoms with Crippen LogP contribution in [0.4, 0.5) is 4.79 Å². The quantitative estimate of drug-likeness (QED) is 0.475. The molecule has 0 radical (unpaired) electrons. The number of nitrogens with one attached hydrogen (secondary N) is 2. The predicted octanol–water partition coefficient (Wildman–Crippen LogP) is 0.261. The van der Waals surface area contributed by atoms with Crippen molar-refractivity contribution < 1.29 is 34.1 Å². The maximum atomic E-state index is 12.7. The highest BCUT2D eigenvalue weighted by Gasteiger charge is 2.41. The van der Waals surface area contributed by atoms with Crippen molar-refractivity contribution in [3.8, 4) is 6.07 Å². The Hall–Kier alpha value is -3.61. The summed E-state index contributed by atoms with van der Waals surface area (Å²) in [7, 11) is 1.07. The van der Waals surface area contributed by atoms with Crippen LogP contribution in [0.25, 0.3) is 0 Å². The van der Waals surface area contributed by atoms with E-state index in [0.717, 1.165) is 7.11 Å². The normalized spacial score (nSPS) is 12.1. The highest BCUT2D eigenvalue weighted by molar-refractivity contribution is 5.92. The number of nitriles is 1. The van der Waals surface area contributed by atoms with Crippen LogP contribution < -0.4 is 10.6 Å². The smallest absolute Gasteiger partial charge is 0.407 e. The average Bonchev–Trinajstić information content (AvgIpc) is 2.63. The Bertz CT molecular complexity index is 772. The summed E-state index contributed by atoms with van der Waals surface area (Å²) in [5.74, 6) is -3.39. The number of carbonyl (C=O) groups is 4. The van der Waals surface area contributed by atoms with E-state index in [0.29, 0.717) is 11.1 Å². The first-order valence-electron chi connectivity index (χ1n) is 7.79. The van der Waals surface area contributed by atoms with Crippen LogP contribution in [-0.4, -0.2) is 53.3 Å². The third-order valence-corrected chi connectivity index (χ3v) is 3.69. The van der Waals surface area contributed by atoms with Gasteiger partial charge >= 0.3 is 18.0 Å². The molecule has 1 rings (SSSR count). The largest absolute Gasteiger partial charge is 0.481 e. The number of benzene rings is 1. The molecule has 10 nitrogen and oxygen atoms in total. The van der Waals surface area contributed by atoms with Crippen LogP contribution in [-0.2, 0) is 25.5 Å². The van der Waals surface area contributed by atoms with Crippen LogP contribution in [0.2, 0.25) is 0 Å². The van der Waals surface area contributed by atoms with Crippen LogP contribution in [0.15, 0.2) is 24.3 Å². The molecule has 10 heteroatoms. The average molecular weight is 377 g/mol. The summed E-state index contributed by atoms with van der Waals surface area (Å²) >= 11 is 0. The summed E-state index contributed by atoms with van der Waals surface area (Å²) in [5, 5.41) is 31.3. The zero-order valence-corrected chi connectivity index (χ0v) is 14.5. The Balaban J connectivity index is 3.30. The van der Waals surface area contributed by atoms with Gasteiger partial charge in [0.05, 0.1) is 18.7 Å². The number of amides is 2. The van der Waals surface area contributed by atoms with E-state index in [1.165, 1.54) is 6.07 Å². The summed E-state index contributed by atoms with van der Waals surface area (Å²) in [6, 6.07) is 8.14. The summed E-state index contributed by atoms with van der Waals surface area (Å²) in [6.45, 7) is -0.714. The van der Waals surface area contributed by atoms with Crippen molar-refractivity contribution >= 4 is 23.9 Å². The molecule has 0 aliphatic heterocycles. The fourth-order valence-corrected chi connectivity index (χ4v) is 2.44. The zero-order valence-electron chi connectivity index (χ0n) is 14.5. The number of carboxylic acid groups (broad SMARTS) is 2. The highest BCUT2D eigenvalue weighted by atomic mass is 16.5. The van der Waals surface area contributed by atoms with E-state index in [1.54, 1.807) is 18.2 Å². The molecule has 1 atom stereocenters. The molecule has 27 heavy (non-hydrogen) atoms. The first-order valence-corrected chi connectivity index (χ1v) is 7.79. The zero-order chi connectivity index (χ0) is 20.4. The molecule has 0 bridgehead atoms. The number of methoxy groups -OCH3 is 1. The van der Waals surface area contributed by atoms with Gasteiger partial charge in [-0.15, -0.1) is 0 Å². The van der Waals surface area contributed by atoms with Gasteiger partial charge in [0.15, 0.2) is 0 Å². The fourth-order valence-electron chi connectivity index (χ4n) is 2.44. The second-order valence-electron chi connectivity index (χ2n) is 5.66. The number of hydrogen-bond acceptors (Lipinski definition) is 6. The Kier molecular flexibility index (Phi) is 7.75. The molecule has 0 aliphatic carbocycles. The van der Waals surface area contributed by atoms with E-state index in [9.17, 15) is 19.2 Å². The van der Waals surface area contributed by atoms with Gasteiger partial charge in [0.25, 0.3) is 0 Å². The number of rotatable bonds is 9. The van der Waals surface area contributed by atoms with Gasteiger partial charge in [-0.25, -0.2) is 4.79 Å². The van der Waals surface area contributed by atoms with Crippen molar-refractivity contribution in [1.82, 2.24) is 10.6 Å². The van der Waals surface area contributed by atoms with Crippen molar-refractivity contribution in [2.75, 3.05) is 13.7 Å². The lowest BCUT2D eigenvalue weighted by Crippen LogP contribution is -2.61. The van der Waals surface area contributed by atoms with E-state index in [4.69, 9.17) is 15.5 Å². The first kappa shape index (κ1) is 21.4. The second-order valence-corrected chi connectivity index (χ2v) is 5.66. The number of alkyl carbamates (subject to hydrolysis) is 1. The molecular weight excluding hydrogens is 358 g/mol. The monoisotopic (exact) mass is 377 g/mol. The molecule has 4 N–H and O–H groups in total. The molecule has 1 aromatic rings. The van der Waals surface area contributed by atoms with Crippen molar-refractivity contribution in [3.05, 3.63) is 35.4 Å². The maximum absolute atomic E-state index is 12.7. The molecule has 0 saturated carbocycles. The van der Waals surface area contributed by atoms with E-state index in [-0.39, 0.29) is 12.8 Å². The lowest BCUT2D eigenvalue weighted by Gasteiger charge is -2.32. The van der Waals surface area contributed by atoms with E-state index >= 15 is 0 Å². The molecule has 0 spiro atoms. The first-order chi connectivity index (χ1) is 12.7. The molecule has 1 unspecified atom stereocenters. The highest BCUT2D eigenvalue weighted by Crippen LogP contribution is 2.22. The number of carbonyl (C=O) groups excluding carboxylic acids is 2. The van der Waals surface area contributed by atoms with Crippen LogP contribution in [0, 0.1) is 11.3 Å². The Morgan fingerprint density at radius 2 is 1.93 bits per heavy atom. The molecule has 0 heterocycles. The molecule has 0 aliphatic rings. The summed E-state index contributed by atoms with van der Waals surface area (Å²) in [4.78, 5) is 46.3. The Labute approximate surface area is 154 Å². The SMILES string of the molecule is COC(=O)NC(CCC(=O)O)(Cc1cccc(C#N)c1)C(=O)NCC(=O)O. The van der Waals surface area contributed by atoms with E-state index in [2.05, 4.69) is 15.4 Å². The van der Waals surface area contributed by atoms with Crippen LogP contribution in [0.3, 0.4) is 0 Å². The van der Waals surface area contributed by atoms with Crippen LogP contribution >= 0.6 is 0 Å². The minimum Gasteiger partial charge on any atom is -0.481 e. The van der Waals surface area contributed by atoms with Crippen molar-refractivity contribution in [2.45, 2.75) is 24.8 Å². The second kappa shape index (κ2) is 9.76. The van der Waals surface area contributed by atoms with Gasteiger partial charge in [0.2, 0.25) is 5.91 Å². The molecule has 1 aromatic carbocycles. The lowest BCUT2D eigenvalue weighted by atomic mass is 9.84. The van der Waals surface area contributed by atoms with Crippen molar-refractivity contribution in [3.63, 3.8) is 0 Å². The minimum absolute atomic E-state index is 0.170. The number of hydrogen-bond donors (Lipinski definition) is 4.